The molecule has 0 spiro atoms. The Morgan fingerprint density at radius 1 is 0.903 bits per heavy atom. The van der Waals surface area contributed by atoms with Crippen molar-refractivity contribution in [1.29, 1.82) is 0 Å². The van der Waals surface area contributed by atoms with Crippen LogP contribution in [0.25, 0.3) is 22.2 Å². The number of hydrogen-bond donors (Lipinski definition) is 2. The average molecular weight is 433 g/mol. The number of rotatable bonds is 5. The third-order valence-electron chi connectivity index (χ3n) is 4.33. The van der Waals surface area contributed by atoms with E-state index in [9.17, 15) is 13.0 Å². The van der Waals surface area contributed by atoms with Crippen LogP contribution in [0.2, 0.25) is 0 Å². The summed E-state index contributed by atoms with van der Waals surface area (Å²) in [4.78, 5) is 8.12. The van der Waals surface area contributed by atoms with E-state index in [1.54, 1.807) is 12.1 Å². The zero-order valence-electron chi connectivity index (χ0n) is 15.9. The van der Waals surface area contributed by atoms with Gasteiger partial charge in [-0.25, -0.2) is 0 Å². The Bertz CT molecular complexity index is 1400. The molecule has 0 amide bonds. The van der Waals surface area contributed by atoms with Gasteiger partial charge in [0.25, 0.3) is 10.1 Å². The van der Waals surface area contributed by atoms with E-state index in [0.29, 0.717) is 5.69 Å². The fourth-order valence-electron chi connectivity index (χ4n) is 2.97. The molecule has 0 bridgehead atoms. The number of hydrogen-bond acceptors (Lipinski definition) is 8. The molecule has 0 saturated heterocycles. The molecule has 3 N–H and O–H groups in total. The maximum Gasteiger partial charge on any atom is 0.295 e. The second kappa shape index (κ2) is 8.34. The van der Waals surface area contributed by atoms with Gasteiger partial charge in [-0.2, -0.15) is 8.42 Å². The summed E-state index contributed by atoms with van der Waals surface area (Å²) in [7, 11) is -4.56. The lowest BCUT2D eigenvalue weighted by Crippen LogP contribution is -2.00. The summed E-state index contributed by atoms with van der Waals surface area (Å²) in [5.41, 5.74) is 2.42. The quantitative estimate of drug-likeness (QED) is 0.197. The van der Waals surface area contributed by atoms with Gasteiger partial charge >= 0.3 is 0 Å². The van der Waals surface area contributed by atoms with Gasteiger partial charge in [-0.1, -0.05) is 35.6 Å². The molecule has 31 heavy (non-hydrogen) atoms. The molecule has 0 aliphatic carbocycles. The highest BCUT2D eigenvalue weighted by atomic mass is 32.2. The van der Waals surface area contributed by atoms with Gasteiger partial charge in [0.2, 0.25) is 0 Å². The normalized spacial score (nSPS) is 12.2. The Labute approximate surface area is 176 Å². The molecule has 0 fully saturated rings. The number of fused-ring (bicyclic) bond motifs is 1. The first-order valence-electron chi connectivity index (χ1n) is 8.91. The zero-order chi connectivity index (χ0) is 21.8. The van der Waals surface area contributed by atoms with Crippen molar-refractivity contribution in [2.24, 2.45) is 26.4 Å². The topological polar surface area (TPSA) is 156 Å². The predicted octanol–water partition coefficient (Wildman–Crippen LogP) is 4.92. The molecule has 11 heteroatoms. The molecule has 2 heterocycles. The molecule has 0 aliphatic rings. The second-order valence-corrected chi connectivity index (χ2v) is 7.69. The van der Waals surface area contributed by atoms with Gasteiger partial charge < -0.3 is 5.84 Å². The van der Waals surface area contributed by atoms with E-state index in [1.165, 1.54) is 24.5 Å². The fraction of sp³-hybridized carbons (Fsp3) is 0. The lowest BCUT2D eigenvalue weighted by molar-refractivity contribution is 0.484. The molecule has 2 aromatic heterocycles. The SMILES string of the molecule is NN=Nc1c(N=Nc2ccc(-c3ccccc3)nc2)cc(S(=O)(=O)O)c2cccnc12. The van der Waals surface area contributed by atoms with Gasteiger partial charge in [-0.05, 0) is 30.3 Å². The first-order chi connectivity index (χ1) is 15.0. The maximum absolute atomic E-state index is 11.9. The van der Waals surface area contributed by atoms with Gasteiger partial charge in [0.15, 0.2) is 0 Å². The minimum absolute atomic E-state index is 0.0140. The fourth-order valence-corrected chi connectivity index (χ4v) is 3.67. The van der Waals surface area contributed by atoms with E-state index in [2.05, 4.69) is 30.5 Å². The van der Waals surface area contributed by atoms with Crippen molar-refractivity contribution in [2.75, 3.05) is 0 Å². The molecule has 4 rings (SSSR count). The van der Waals surface area contributed by atoms with Crippen LogP contribution < -0.4 is 5.84 Å². The van der Waals surface area contributed by atoms with Gasteiger partial charge in [-0.15, -0.1) is 15.3 Å². The molecular weight excluding hydrogens is 418 g/mol. The van der Waals surface area contributed by atoms with Crippen LogP contribution in [0.1, 0.15) is 0 Å². The van der Waals surface area contributed by atoms with Crippen molar-refractivity contribution in [1.82, 2.24) is 9.97 Å². The van der Waals surface area contributed by atoms with Gasteiger partial charge in [0.1, 0.15) is 27.5 Å². The zero-order valence-corrected chi connectivity index (χ0v) is 16.7. The molecule has 0 aliphatic heterocycles. The van der Waals surface area contributed by atoms with E-state index < -0.39 is 10.1 Å². The number of azo groups is 1. The van der Waals surface area contributed by atoms with E-state index >= 15 is 0 Å². The first kappa shape index (κ1) is 20.2. The number of benzene rings is 2. The van der Waals surface area contributed by atoms with Crippen LogP contribution >= 0.6 is 0 Å². The highest BCUT2D eigenvalue weighted by Gasteiger charge is 2.20. The van der Waals surface area contributed by atoms with Crippen molar-refractivity contribution in [3.8, 4) is 11.3 Å². The number of aromatic nitrogens is 2. The summed E-state index contributed by atoms with van der Waals surface area (Å²) in [6, 6.07) is 17.3. The highest BCUT2D eigenvalue weighted by molar-refractivity contribution is 7.86. The van der Waals surface area contributed by atoms with Crippen LogP contribution in [-0.2, 0) is 10.1 Å². The van der Waals surface area contributed by atoms with E-state index in [1.807, 2.05) is 30.3 Å². The average Bonchev–Trinajstić information content (AvgIpc) is 2.78. The third-order valence-corrected chi connectivity index (χ3v) is 5.23. The van der Waals surface area contributed by atoms with Crippen molar-refractivity contribution < 1.29 is 13.0 Å². The van der Waals surface area contributed by atoms with Crippen LogP contribution in [0, 0.1) is 0 Å². The molecule has 154 valence electrons. The summed E-state index contributed by atoms with van der Waals surface area (Å²) >= 11 is 0. The Balaban J connectivity index is 1.79. The van der Waals surface area contributed by atoms with E-state index in [4.69, 9.17) is 5.84 Å². The lowest BCUT2D eigenvalue weighted by atomic mass is 10.1. The third kappa shape index (κ3) is 4.27. The predicted molar refractivity (Wildman–Crippen MR) is 114 cm³/mol. The molecule has 0 saturated carbocycles. The summed E-state index contributed by atoms with van der Waals surface area (Å²) in [5, 5.41) is 15.4. The van der Waals surface area contributed by atoms with Gasteiger partial charge in [0.05, 0.1) is 11.9 Å². The van der Waals surface area contributed by atoms with Crippen LogP contribution in [-0.4, -0.2) is 22.9 Å². The Kier molecular flexibility index (Phi) is 5.43. The van der Waals surface area contributed by atoms with Crippen LogP contribution in [0.15, 0.2) is 98.5 Å². The molecule has 0 atom stereocenters. The van der Waals surface area contributed by atoms with Crippen molar-refractivity contribution in [3.05, 3.63) is 73.1 Å². The largest absolute Gasteiger partial charge is 0.305 e. The van der Waals surface area contributed by atoms with Crippen molar-refractivity contribution in [3.63, 3.8) is 0 Å². The van der Waals surface area contributed by atoms with Crippen LogP contribution in [0.5, 0.6) is 0 Å². The van der Waals surface area contributed by atoms with Gasteiger partial charge in [-0.3, -0.25) is 14.5 Å². The minimum Gasteiger partial charge on any atom is -0.305 e. The molecule has 2 aromatic carbocycles. The van der Waals surface area contributed by atoms with Crippen LogP contribution in [0.4, 0.5) is 17.1 Å². The Morgan fingerprint density at radius 2 is 1.71 bits per heavy atom. The number of pyridine rings is 2. The van der Waals surface area contributed by atoms with Crippen LogP contribution in [0.3, 0.4) is 0 Å². The summed E-state index contributed by atoms with van der Waals surface area (Å²) in [5.74, 6) is 5.20. The molecule has 4 aromatic rings. The highest BCUT2D eigenvalue weighted by Crippen LogP contribution is 2.39. The second-order valence-electron chi connectivity index (χ2n) is 6.30. The molecule has 10 nitrogen and oxygen atoms in total. The maximum atomic E-state index is 11.9. The first-order valence-corrected chi connectivity index (χ1v) is 10.3. The van der Waals surface area contributed by atoms with Gasteiger partial charge in [0, 0.05) is 17.1 Å². The van der Waals surface area contributed by atoms with Crippen molar-refractivity contribution >= 4 is 38.1 Å². The Morgan fingerprint density at radius 3 is 2.39 bits per heavy atom. The monoisotopic (exact) mass is 433 g/mol. The summed E-state index contributed by atoms with van der Waals surface area (Å²) in [6.45, 7) is 0. The Hall–Kier alpha value is -4.09. The summed E-state index contributed by atoms with van der Waals surface area (Å²) < 4.78 is 33.4. The standard InChI is InChI=1S/C20H15N7O3S/c21-27-26-20-17(11-18(31(28,29)30)15-7-4-10-22-19(15)20)25-24-14-8-9-16(23-12-14)13-5-2-1-3-6-13/h1-12H,(H2,21,26)(H,28,29,30). The number of nitrogens with zero attached hydrogens (tertiary/aromatic N) is 6. The lowest BCUT2D eigenvalue weighted by Gasteiger charge is -2.08. The minimum atomic E-state index is -4.56. The van der Waals surface area contributed by atoms with E-state index in [-0.39, 0.29) is 27.2 Å². The molecule has 0 radical (unpaired) electrons. The van der Waals surface area contributed by atoms with Crippen molar-refractivity contribution in [2.45, 2.75) is 4.90 Å². The molecule has 0 unspecified atom stereocenters. The number of nitrogens with two attached hydrogens (primary N) is 1. The van der Waals surface area contributed by atoms with E-state index in [0.717, 1.165) is 17.3 Å². The molecular formula is C20H15N7O3S. The summed E-state index contributed by atoms with van der Waals surface area (Å²) in [6.07, 6.45) is 2.97. The smallest absolute Gasteiger partial charge is 0.295 e.